The van der Waals surface area contributed by atoms with Crippen molar-refractivity contribution < 1.29 is 4.74 Å². The van der Waals surface area contributed by atoms with E-state index in [1.54, 1.807) is 7.11 Å². The molecule has 0 bridgehead atoms. The topological polar surface area (TPSA) is 21.3 Å². The first-order valence-electron chi connectivity index (χ1n) is 3.54. The fourth-order valence-corrected chi connectivity index (χ4v) is 1.32. The van der Waals surface area contributed by atoms with Crippen molar-refractivity contribution in [3.05, 3.63) is 0 Å². The van der Waals surface area contributed by atoms with Gasteiger partial charge in [-0.15, -0.1) is 0 Å². The summed E-state index contributed by atoms with van der Waals surface area (Å²) in [6.07, 6.45) is 3.05. The van der Waals surface area contributed by atoms with Gasteiger partial charge in [-0.25, -0.2) is 0 Å². The fourth-order valence-electron chi connectivity index (χ4n) is 1.32. The van der Waals surface area contributed by atoms with E-state index < -0.39 is 0 Å². The molecule has 0 amide bonds. The molecule has 9 heavy (non-hydrogen) atoms. The first kappa shape index (κ1) is 7.03. The van der Waals surface area contributed by atoms with Gasteiger partial charge >= 0.3 is 0 Å². The van der Waals surface area contributed by atoms with Crippen molar-refractivity contribution in [3.8, 4) is 0 Å². The lowest BCUT2D eigenvalue weighted by Crippen LogP contribution is -2.36. The molecule has 0 aliphatic heterocycles. The summed E-state index contributed by atoms with van der Waals surface area (Å²) in [7, 11) is 3.79. The molecule has 0 aromatic rings. The Morgan fingerprint density at radius 2 is 2.22 bits per heavy atom. The maximum absolute atomic E-state index is 5.13. The van der Waals surface area contributed by atoms with Crippen LogP contribution in [-0.2, 0) is 4.74 Å². The average Bonchev–Trinajstić information content (AvgIpc) is 1.77. The molecule has 1 fully saturated rings. The van der Waals surface area contributed by atoms with Gasteiger partial charge in [0.1, 0.15) is 0 Å². The largest absolute Gasteiger partial charge is 0.381 e. The van der Waals surface area contributed by atoms with Crippen molar-refractivity contribution in [1.82, 2.24) is 5.32 Å². The third-order valence-corrected chi connectivity index (χ3v) is 2.02. The van der Waals surface area contributed by atoms with Crippen LogP contribution in [0.25, 0.3) is 0 Å². The normalized spacial score (nSPS) is 34.0. The fraction of sp³-hybridized carbons (Fsp3) is 1.00. The minimum atomic E-state index is 0.559. The molecule has 0 saturated heterocycles. The summed E-state index contributed by atoms with van der Waals surface area (Å²) in [5.74, 6) is 0.875. The smallest absolute Gasteiger partial charge is 0.0577 e. The number of rotatable bonds is 3. The predicted molar refractivity (Wildman–Crippen MR) is 37.4 cm³/mol. The van der Waals surface area contributed by atoms with Crippen LogP contribution in [0.3, 0.4) is 0 Å². The zero-order chi connectivity index (χ0) is 6.69. The molecule has 1 saturated carbocycles. The number of hydrogen-bond acceptors (Lipinski definition) is 2. The van der Waals surface area contributed by atoms with E-state index in [-0.39, 0.29) is 0 Å². The van der Waals surface area contributed by atoms with Gasteiger partial charge in [-0.3, -0.25) is 0 Å². The molecular formula is C7H15NO. The van der Waals surface area contributed by atoms with Crippen LogP contribution in [0.5, 0.6) is 0 Å². The lowest BCUT2D eigenvalue weighted by Gasteiger charge is -2.33. The van der Waals surface area contributed by atoms with Crippen molar-refractivity contribution in [2.75, 3.05) is 20.7 Å². The minimum Gasteiger partial charge on any atom is -0.381 e. The van der Waals surface area contributed by atoms with Crippen LogP contribution in [-0.4, -0.2) is 26.8 Å². The quantitative estimate of drug-likeness (QED) is 0.603. The third-order valence-electron chi connectivity index (χ3n) is 2.02. The van der Waals surface area contributed by atoms with E-state index in [4.69, 9.17) is 4.74 Å². The van der Waals surface area contributed by atoms with Crippen LogP contribution >= 0.6 is 0 Å². The summed E-state index contributed by atoms with van der Waals surface area (Å²) in [5, 5.41) is 3.16. The molecule has 0 aromatic heterocycles. The van der Waals surface area contributed by atoms with Gasteiger partial charge in [0, 0.05) is 7.11 Å². The molecular weight excluding hydrogens is 114 g/mol. The Hall–Kier alpha value is -0.0800. The highest BCUT2D eigenvalue weighted by Crippen LogP contribution is 2.28. The van der Waals surface area contributed by atoms with Gasteiger partial charge < -0.3 is 10.1 Å². The molecule has 1 N–H and O–H groups in total. The highest BCUT2D eigenvalue weighted by atomic mass is 16.5. The van der Waals surface area contributed by atoms with Crippen LogP contribution in [0, 0.1) is 5.92 Å². The second-order valence-corrected chi connectivity index (χ2v) is 2.75. The molecule has 0 radical (unpaired) electrons. The van der Waals surface area contributed by atoms with Crippen molar-refractivity contribution >= 4 is 0 Å². The van der Waals surface area contributed by atoms with E-state index in [0.717, 1.165) is 12.5 Å². The third kappa shape index (κ3) is 1.66. The molecule has 1 aliphatic carbocycles. The van der Waals surface area contributed by atoms with Crippen molar-refractivity contribution in [2.45, 2.75) is 18.9 Å². The predicted octanol–water partition coefficient (Wildman–Crippen LogP) is 0.631. The number of hydrogen-bond donors (Lipinski definition) is 1. The van der Waals surface area contributed by atoms with Crippen LogP contribution in [0.2, 0.25) is 0 Å². The summed E-state index contributed by atoms with van der Waals surface area (Å²) in [5.41, 5.74) is 0. The number of ether oxygens (including phenoxy) is 1. The Kier molecular flexibility index (Phi) is 2.49. The summed E-state index contributed by atoms with van der Waals surface area (Å²) in [6.45, 7) is 1.15. The zero-order valence-corrected chi connectivity index (χ0v) is 6.18. The van der Waals surface area contributed by atoms with E-state index in [1.165, 1.54) is 12.8 Å². The maximum atomic E-state index is 5.13. The number of nitrogens with one attached hydrogen (secondary N) is 1. The molecule has 2 nitrogen and oxygen atoms in total. The van der Waals surface area contributed by atoms with Crippen LogP contribution < -0.4 is 5.32 Å². The van der Waals surface area contributed by atoms with Gasteiger partial charge in [-0.2, -0.15) is 0 Å². The second-order valence-electron chi connectivity index (χ2n) is 2.75. The Bertz CT molecular complexity index is 79.0. The van der Waals surface area contributed by atoms with Crippen LogP contribution in [0.1, 0.15) is 12.8 Å². The van der Waals surface area contributed by atoms with E-state index in [2.05, 4.69) is 5.32 Å². The first-order valence-corrected chi connectivity index (χ1v) is 3.54. The van der Waals surface area contributed by atoms with Gasteiger partial charge in [-0.1, -0.05) is 0 Å². The monoisotopic (exact) mass is 129 g/mol. The van der Waals surface area contributed by atoms with Crippen molar-refractivity contribution in [3.63, 3.8) is 0 Å². The SMILES string of the molecule is CNCC1CC(OC)C1. The van der Waals surface area contributed by atoms with Gasteiger partial charge in [0.05, 0.1) is 6.10 Å². The Morgan fingerprint density at radius 1 is 1.56 bits per heavy atom. The summed E-state index contributed by atoms with van der Waals surface area (Å²) >= 11 is 0. The Labute approximate surface area is 56.6 Å². The summed E-state index contributed by atoms with van der Waals surface area (Å²) in [4.78, 5) is 0. The zero-order valence-electron chi connectivity index (χ0n) is 6.18. The van der Waals surface area contributed by atoms with Crippen LogP contribution in [0.4, 0.5) is 0 Å². The van der Waals surface area contributed by atoms with Gasteiger partial charge in [0.15, 0.2) is 0 Å². The molecule has 0 heterocycles. The standard InChI is InChI=1S/C7H15NO/c1-8-5-6-3-7(4-6)9-2/h6-8H,3-5H2,1-2H3. The highest BCUT2D eigenvalue weighted by molar-refractivity contribution is 4.80. The molecule has 0 atom stereocenters. The Balaban J connectivity index is 1.98. The molecule has 54 valence electrons. The number of methoxy groups -OCH3 is 1. The van der Waals surface area contributed by atoms with E-state index in [9.17, 15) is 0 Å². The van der Waals surface area contributed by atoms with E-state index in [1.807, 2.05) is 7.05 Å². The lowest BCUT2D eigenvalue weighted by molar-refractivity contribution is 0.00220. The second kappa shape index (κ2) is 3.18. The van der Waals surface area contributed by atoms with Gasteiger partial charge in [-0.05, 0) is 32.4 Å². The average molecular weight is 129 g/mol. The lowest BCUT2D eigenvalue weighted by atomic mass is 9.82. The Morgan fingerprint density at radius 3 is 2.67 bits per heavy atom. The summed E-state index contributed by atoms with van der Waals surface area (Å²) in [6, 6.07) is 0. The van der Waals surface area contributed by atoms with E-state index in [0.29, 0.717) is 6.10 Å². The molecule has 0 aromatic carbocycles. The molecule has 0 unspecified atom stereocenters. The van der Waals surface area contributed by atoms with Crippen molar-refractivity contribution in [2.24, 2.45) is 5.92 Å². The van der Waals surface area contributed by atoms with Gasteiger partial charge in [0.25, 0.3) is 0 Å². The van der Waals surface area contributed by atoms with Gasteiger partial charge in [0.2, 0.25) is 0 Å². The molecule has 1 aliphatic rings. The summed E-state index contributed by atoms with van der Waals surface area (Å²) < 4.78 is 5.13. The molecule has 1 rings (SSSR count). The maximum Gasteiger partial charge on any atom is 0.0577 e. The highest BCUT2D eigenvalue weighted by Gasteiger charge is 2.27. The van der Waals surface area contributed by atoms with E-state index >= 15 is 0 Å². The van der Waals surface area contributed by atoms with Crippen molar-refractivity contribution in [1.29, 1.82) is 0 Å². The molecule has 2 heteroatoms. The first-order chi connectivity index (χ1) is 4.36. The minimum absolute atomic E-state index is 0.559. The van der Waals surface area contributed by atoms with Crippen LogP contribution in [0.15, 0.2) is 0 Å². The molecule has 0 spiro atoms.